The van der Waals surface area contributed by atoms with E-state index < -0.39 is 133 Å². The molecule has 9 aliphatic rings. The molecule has 66 heavy (non-hydrogen) atoms. The molecule has 0 aromatic heterocycles. The van der Waals surface area contributed by atoms with Crippen LogP contribution < -0.4 is 0 Å². The van der Waals surface area contributed by atoms with Crippen LogP contribution in [0.2, 0.25) is 0 Å². The molecule has 18 nitrogen and oxygen atoms in total. The molecule has 380 valence electrons. The predicted molar refractivity (Wildman–Crippen MR) is 229 cm³/mol. The van der Waals surface area contributed by atoms with Crippen molar-refractivity contribution in [3.8, 4) is 0 Å². The van der Waals surface area contributed by atoms with E-state index in [0.717, 1.165) is 38.5 Å². The summed E-state index contributed by atoms with van der Waals surface area (Å²) in [5.41, 5.74) is -3.04. The molecule has 0 aromatic rings. The first-order valence-corrected chi connectivity index (χ1v) is 24.7. The van der Waals surface area contributed by atoms with Crippen LogP contribution in [0.25, 0.3) is 0 Å². The highest BCUT2D eigenvalue weighted by atomic mass is 16.8. The summed E-state index contributed by atoms with van der Waals surface area (Å²) in [6.45, 7) is 19.5. The highest BCUT2D eigenvalue weighted by Gasteiger charge is 2.77. The maximum absolute atomic E-state index is 11.7. The fourth-order valence-electron chi connectivity index (χ4n) is 16.1. The molecule has 0 radical (unpaired) electrons. The molecular formula is C48H80O18. The van der Waals surface area contributed by atoms with Crippen molar-refractivity contribution in [3.63, 3.8) is 0 Å². The van der Waals surface area contributed by atoms with Crippen molar-refractivity contribution in [1.82, 2.24) is 0 Å². The molecule has 10 N–H and O–H groups in total. The van der Waals surface area contributed by atoms with Crippen molar-refractivity contribution in [1.29, 1.82) is 0 Å². The number of hydrogen-bond donors (Lipinski definition) is 10. The van der Waals surface area contributed by atoms with Gasteiger partial charge in [0, 0.05) is 6.42 Å². The van der Waals surface area contributed by atoms with Gasteiger partial charge in [0.15, 0.2) is 18.9 Å². The van der Waals surface area contributed by atoms with Crippen molar-refractivity contribution >= 4 is 0 Å². The van der Waals surface area contributed by atoms with Crippen LogP contribution >= 0.6 is 0 Å². The van der Waals surface area contributed by atoms with Crippen LogP contribution in [0.5, 0.6) is 0 Å². The van der Waals surface area contributed by atoms with Crippen LogP contribution in [0.1, 0.15) is 121 Å². The first-order chi connectivity index (χ1) is 30.6. The van der Waals surface area contributed by atoms with Crippen molar-refractivity contribution in [3.05, 3.63) is 0 Å². The molecule has 5 saturated heterocycles. The van der Waals surface area contributed by atoms with E-state index in [4.69, 9.17) is 37.9 Å². The first-order valence-electron chi connectivity index (χ1n) is 24.7. The van der Waals surface area contributed by atoms with Crippen LogP contribution in [0.3, 0.4) is 0 Å². The molecule has 4 unspecified atom stereocenters. The lowest BCUT2D eigenvalue weighted by Gasteiger charge is -2.71. The summed E-state index contributed by atoms with van der Waals surface area (Å²) in [4.78, 5) is 0. The molecule has 9 fully saturated rings. The summed E-state index contributed by atoms with van der Waals surface area (Å²) in [7, 11) is 0. The zero-order valence-corrected chi connectivity index (χ0v) is 40.3. The van der Waals surface area contributed by atoms with Crippen LogP contribution in [-0.4, -0.2) is 185 Å². The minimum Gasteiger partial charge on any atom is -0.394 e. The molecule has 4 saturated carbocycles. The molecular weight excluding hydrogens is 865 g/mol. The fourth-order valence-corrected chi connectivity index (χ4v) is 16.1. The number of fused-ring (bicyclic) bond motifs is 7. The lowest BCUT2D eigenvalue weighted by molar-refractivity contribution is -0.398. The second kappa shape index (κ2) is 16.7. The number of aliphatic hydroxyl groups is 10. The Kier molecular flexibility index (Phi) is 12.7. The van der Waals surface area contributed by atoms with Gasteiger partial charge in [-0.3, -0.25) is 0 Å². The van der Waals surface area contributed by atoms with Gasteiger partial charge in [-0.15, -0.1) is 0 Å². The van der Waals surface area contributed by atoms with E-state index in [9.17, 15) is 51.1 Å². The van der Waals surface area contributed by atoms with Gasteiger partial charge < -0.3 is 89.0 Å². The molecule has 0 aromatic carbocycles. The zero-order chi connectivity index (χ0) is 48.2. The Morgan fingerprint density at radius 1 is 0.621 bits per heavy atom. The molecule has 5 aliphatic heterocycles. The Bertz CT molecular complexity index is 1780. The molecule has 0 spiro atoms. The van der Waals surface area contributed by atoms with E-state index in [2.05, 4.69) is 41.5 Å². The van der Waals surface area contributed by atoms with E-state index in [0.29, 0.717) is 12.8 Å². The minimum absolute atomic E-state index is 0.0643. The van der Waals surface area contributed by atoms with E-state index in [-0.39, 0.29) is 46.0 Å². The highest BCUT2D eigenvalue weighted by Crippen LogP contribution is 2.78. The zero-order valence-electron chi connectivity index (χ0n) is 40.3. The van der Waals surface area contributed by atoms with Gasteiger partial charge in [0.25, 0.3) is 0 Å². The fraction of sp³-hybridized carbons (Fsp3) is 1.00. The van der Waals surface area contributed by atoms with Gasteiger partial charge in [0.05, 0.1) is 36.6 Å². The molecule has 27 atom stereocenters. The van der Waals surface area contributed by atoms with Crippen LogP contribution in [0.4, 0.5) is 0 Å². The quantitative estimate of drug-likeness (QED) is 0.149. The lowest BCUT2D eigenvalue weighted by atomic mass is 9.35. The maximum atomic E-state index is 11.7. The third-order valence-corrected chi connectivity index (χ3v) is 20.0. The number of ether oxygens (including phenoxy) is 8. The largest absolute Gasteiger partial charge is 0.394 e. The Balaban J connectivity index is 1.02. The number of hydrogen-bond acceptors (Lipinski definition) is 18. The van der Waals surface area contributed by atoms with E-state index >= 15 is 0 Å². The molecule has 5 heterocycles. The van der Waals surface area contributed by atoms with Gasteiger partial charge in [-0.2, -0.15) is 0 Å². The Hall–Kier alpha value is -0.720. The smallest absolute Gasteiger partial charge is 0.224 e. The monoisotopic (exact) mass is 945 g/mol. The normalized spacial score (nSPS) is 59.1. The summed E-state index contributed by atoms with van der Waals surface area (Å²) in [6.07, 6.45) is -17.8. The van der Waals surface area contributed by atoms with Gasteiger partial charge in [-0.1, -0.05) is 34.6 Å². The van der Waals surface area contributed by atoms with E-state index in [1.54, 1.807) is 13.8 Å². The molecule has 9 rings (SSSR count). The minimum atomic E-state index is -1.77. The number of aliphatic hydroxyl groups excluding tert-OH is 9. The maximum Gasteiger partial charge on any atom is 0.224 e. The second-order valence-electron chi connectivity index (χ2n) is 24.2. The Morgan fingerprint density at radius 2 is 1.20 bits per heavy atom. The van der Waals surface area contributed by atoms with Crippen molar-refractivity contribution in [2.24, 2.45) is 45.3 Å². The SMILES string of the molecule is C[C@@H]1OC(O[C@H]2[C@H](O[C@H]3CC[C@]4(C)[C@H]5C[C@H]6O[C@]7(C(C)(C)O)O[C@@](C)(C[C@@H]7O)[C@H]7CC[C@](C)([C@H]67)[C@]5(C)CC[C@H]4C3(C)C)O[C@H](CO)[C@@H](O)[C@@H]2O[C@@H]2O[C@@H](C)[C@H](O)[C@@H](O)[C@H]2O)C(O)C(O)C1O. The van der Waals surface area contributed by atoms with Crippen molar-refractivity contribution < 1.29 is 89.0 Å². The summed E-state index contributed by atoms with van der Waals surface area (Å²) >= 11 is 0. The Labute approximate surface area is 388 Å². The molecule has 0 amide bonds. The summed E-state index contributed by atoms with van der Waals surface area (Å²) in [5, 5.41) is 110. The summed E-state index contributed by atoms with van der Waals surface area (Å²) < 4.78 is 51.6. The lowest BCUT2D eigenvalue weighted by Crippen LogP contribution is -2.69. The average molecular weight is 945 g/mol. The summed E-state index contributed by atoms with van der Waals surface area (Å²) in [5.74, 6) is -0.938. The highest BCUT2D eigenvalue weighted by molar-refractivity contribution is 5.23. The Morgan fingerprint density at radius 3 is 1.77 bits per heavy atom. The standard InChI is InChI=1S/C48H80O18/c1-20-30(51)33(54)35(56)39(59-20)63-37-32(53)24(19-49)61-41(38(37)64-40-36(57)34(55)31(52)21(2)60-40)62-28-13-14-44(7)25(42(28,3)4)12-16-45(8)26(44)17-23-29-22(11-15-46(29,45)9)47(10)18-27(50)48(65-23,66-47)43(5,6)58/h20-41,49-58H,11-19H2,1-10H3/t20-,21-,22-,23+,24+,25-,26+,27-,28-,29-,30-,31?,32+,33+,34?,35+,36?,37-,38+,39-,40?,41-,44-,45+,46+,47-,48-/m0/s1. The summed E-state index contributed by atoms with van der Waals surface area (Å²) in [6, 6.07) is 0. The molecule has 2 bridgehead atoms. The predicted octanol–water partition coefficient (Wildman–Crippen LogP) is 0.576. The molecule has 4 aliphatic carbocycles. The third-order valence-electron chi connectivity index (χ3n) is 20.0. The first kappa shape index (κ1) is 50.2. The van der Waals surface area contributed by atoms with Crippen LogP contribution in [0, 0.1) is 45.3 Å². The van der Waals surface area contributed by atoms with Crippen molar-refractivity contribution in [2.45, 2.75) is 248 Å². The van der Waals surface area contributed by atoms with Crippen LogP contribution in [0.15, 0.2) is 0 Å². The van der Waals surface area contributed by atoms with Gasteiger partial charge in [0.2, 0.25) is 5.79 Å². The van der Waals surface area contributed by atoms with E-state index in [1.165, 1.54) is 13.8 Å². The third kappa shape index (κ3) is 7.15. The van der Waals surface area contributed by atoms with Gasteiger partial charge >= 0.3 is 0 Å². The van der Waals surface area contributed by atoms with Gasteiger partial charge in [0.1, 0.15) is 72.7 Å². The van der Waals surface area contributed by atoms with Gasteiger partial charge in [-0.25, -0.2) is 0 Å². The van der Waals surface area contributed by atoms with Crippen LogP contribution in [-0.2, 0) is 37.9 Å². The van der Waals surface area contributed by atoms with E-state index in [1.807, 2.05) is 0 Å². The molecule has 18 heteroatoms. The van der Waals surface area contributed by atoms with Crippen molar-refractivity contribution in [2.75, 3.05) is 6.61 Å². The average Bonchev–Trinajstić information content (AvgIpc) is 3.71. The second-order valence-corrected chi connectivity index (χ2v) is 24.2. The van der Waals surface area contributed by atoms with Gasteiger partial charge in [-0.05, 0) is 125 Å². The topological polar surface area (TPSA) is 276 Å². The number of rotatable bonds is 8.